The molecule has 454 valence electrons. The van der Waals surface area contributed by atoms with Crippen LogP contribution in [0.3, 0.4) is 0 Å². The first kappa shape index (κ1) is 75.3. The van der Waals surface area contributed by atoms with Crippen LogP contribution in [-0.4, -0.2) is 37.2 Å². The van der Waals surface area contributed by atoms with Crippen LogP contribution in [0.5, 0.6) is 0 Å². The van der Waals surface area contributed by atoms with Gasteiger partial charge in [0.05, 0.1) is 0 Å². The van der Waals surface area contributed by atoms with E-state index in [1.165, 1.54) is 186 Å². The predicted molar refractivity (Wildman–Crippen MR) is 344 cm³/mol. The molecule has 0 spiro atoms. The number of hydrogen-bond acceptors (Lipinski definition) is 6. The average molecular weight is 1100 g/mol. The minimum atomic E-state index is -0.784. The van der Waals surface area contributed by atoms with Crippen LogP contribution in [0, 0.1) is 0 Å². The highest BCUT2D eigenvalue weighted by Crippen LogP contribution is 2.17. The Morgan fingerprint density at radius 2 is 0.506 bits per heavy atom. The number of hydrogen-bond donors (Lipinski definition) is 0. The molecule has 0 aliphatic rings. The van der Waals surface area contributed by atoms with Crippen molar-refractivity contribution >= 4 is 17.9 Å². The Morgan fingerprint density at radius 1 is 0.266 bits per heavy atom. The van der Waals surface area contributed by atoms with Crippen LogP contribution in [0.2, 0.25) is 0 Å². The Hall–Kier alpha value is -3.67. The van der Waals surface area contributed by atoms with E-state index in [1.54, 1.807) is 0 Å². The summed E-state index contributed by atoms with van der Waals surface area (Å²) in [7, 11) is 0. The van der Waals surface area contributed by atoms with Crippen molar-refractivity contribution in [3.05, 3.63) is 97.2 Å². The van der Waals surface area contributed by atoms with Crippen molar-refractivity contribution in [1.82, 2.24) is 0 Å². The third-order valence-corrected chi connectivity index (χ3v) is 14.5. The van der Waals surface area contributed by atoms with Crippen LogP contribution in [0.15, 0.2) is 97.2 Å². The molecule has 6 nitrogen and oxygen atoms in total. The Labute approximate surface area is 489 Å². The Balaban J connectivity index is 4.23. The molecule has 1 atom stereocenters. The first-order valence-electron chi connectivity index (χ1n) is 33.7. The van der Waals surface area contributed by atoms with Gasteiger partial charge in [-0.25, -0.2) is 0 Å². The van der Waals surface area contributed by atoms with Gasteiger partial charge >= 0.3 is 17.9 Å². The lowest BCUT2D eigenvalue weighted by Gasteiger charge is -2.18. The second-order valence-corrected chi connectivity index (χ2v) is 22.3. The quantitative estimate of drug-likeness (QED) is 0.0261. The van der Waals surface area contributed by atoms with Crippen molar-refractivity contribution < 1.29 is 28.6 Å². The summed E-state index contributed by atoms with van der Waals surface area (Å²) in [6, 6.07) is 0. The van der Waals surface area contributed by atoms with Gasteiger partial charge in [0.15, 0.2) is 6.10 Å². The molecule has 6 heteroatoms. The molecular formula is C73H126O6. The number of ether oxygens (including phenoxy) is 3. The number of carbonyl (C=O) groups is 3. The van der Waals surface area contributed by atoms with Gasteiger partial charge in [0.2, 0.25) is 0 Å². The molecular weight excluding hydrogens is 973 g/mol. The highest BCUT2D eigenvalue weighted by molar-refractivity contribution is 5.71. The van der Waals surface area contributed by atoms with Crippen molar-refractivity contribution in [2.24, 2.45) is 0 Å². The standard InChI is InChI=1S/C73H126O6/c1-4-7-10-13-16-19-22-24-26-28-30-32-33-34-35-36-37-38-39-41-42-44-46-48-51-54-57-60-63-66-72(75)78-69-70(68-77-71(74)65-62-59-56-53-50-21-18-15-12-9-6-3)79-73(76)67-64-61-58-55-52-49-47-45-43-40-31-29-27-25-23-20-17-14-11-8-5-2/h7,10,15-16,18-19,23-26,29-32,34-35,70H,4-6,8-9,11-14,17,20-22,27-28,33,36-69H2,1-3H3/b10-7-,18-15-,19-16-,25-23-,26-24-,31-29-,32-30-,35-34-. The highest BCUT2D eigenvalue weighted by atomic mass is 16.6. The molecule has 0 fully saturated rings. The van der Waals surface area contributed by atoms with Gasteiger partial charge in [0, 0.05) is 19.3 Å². The molecule has 0 radical (unpaired) electrons. The maximum Gasteiger partial charge on any atom is 0.306 e. The molecule has 0 heterocycles. The van der Waals surface area contributed by atoms with Crippen LogP contribution in [-0.2, 0) is 28.6 Å². The van der Waals surface area contributed by atoms with E-state index in [9.17, 15) is 14.4 Å². The number of esters is 3. The van der Waals surface area contributed by atoms with Crippen LogP contribution < -0.4 is 0 Å². The van der Waals surface area contributed by atoms with Gasteiger partial charge in [-0.15, -0.1) is 0 Å². The lowest BCUT2D eigenvalue weighted by molar-refractivity contribution is -0.167. The zero-order valence-corrected chi connectivity index (χ0v) is 52.1. The SMILES string of the molecule is CC/C=C\C/C=C\C/C=C\C/C=C\C/C=C\CCCCCCCCCCCCCCCC(=O)OCC(COC(=O)CCCCCCC/C=C\CCCC)OC(=O)CCCCCCCCCCC/C=C\C/C=C\CCCCCCC. The predicted octanol–water partition coefficient (Wildman–Crippen LogP) is 23.2. The topological polar surface area (TPSA) is 78.9 Å². The highest BCUT2D eigenvalue weighted by Gasteiger charge is 2.19. The van der Waals surface area contributed by atoms with Gasteiger partial charge < -0.3 is 14.2 Å². The molecule has 0 bridgehead atoms. The normalized spacial score (nSPS) is 12.7. The van der Waals surface area contributed by atoms with Gasteiger partial charge in [-0.2, -0.15) is 0 Å². The number of carbonyl (C=O) groups excluding carboxylic acids is 3. The minimum Gasteiger partial charge on any atom is -0.462 e. The summed E-state index contributed by atoms with van der Waals surface area (Å²) in [5, 5.41) is 0. The fourth-order valence-corrected chi connectivity index (χ4v) is 9.48. The van der Waals surface area contributed by atoms with E-state index in [-0.39, 0.29) is 31.1 Å². The zero-order chi connectivity index (χ0) is 57.1. The summed E-state index contributed by atoms with van der Waals surface area (Å²) < 4.78 is 16.9. The van der Waals surface area contributed by atoms with Gasteiger partial charge in [-0.3, -0.25) is 14.4 Å². The van der Waals surface area contributed by atoms with E-state index in [0.29, 0.717) is 19.3 Å². The number of allylic oxidation sites excluding steroid dienone is 16. The molecule has 79 heavy (non-hydrogen) atoms. The maximum atomic E-state index is 12.9. The van der Waals surface area contributed by atoms with Gasteiger partial charge in [-0.1, -0.05) is 291 Å². The summed E-state index contributed by atoms with van der Waals surface area (Å²) >= 11 is 0. The zero-order valence-electron chi connectivity index (χ0n) is 52.1. The molecule has 0 aromatic rings. The monoisotopic (exact) mass is 1100 g/mol. The minimum absolute atomic E-state index is 0.0806. The smallest absolute Gasteiger partial charge is 0.306 e. The van der Waals surface area contributed by atoms with Crippen molar-refractivity contribution in [2.45, 2.75) is 335 Å². The molecule has 0 aromatic carbocycles. The fraction of sp³-hybridized carbons (Fsp3) is 0.740. The molecule has 0 aliphatic carbocycles. The van der Waals surface area contributed by atoms with Gasteiger partial charge in [0.25, 0.3) is 0 Å². The van der Waals surface area contributed by atoms with Crippen molar-refractivity contribution in [1.29, 1.82) is 0 Å². The van der Waals surface area contributed by atoms with Crippen LogP contribution in [0.25, 0.3) is 0 Å². The summed E-state index contributed by atoms with van der Waals surface area (Å²) in [6.07, 6.45) is 90.0. The molecule has 0 rings (SSSR count). The Bertz CT molecular complexity index is 1540. The third kappa shape index (κ3) is 65.0. The van der Waals surface area contributed by atoms with E-state index in [1.807, 2.05) is 0 Å². The second kappa shape index (κ2) is 66.8. The molecule has 0 saturated heterocycles. The second-order valence-electron chi connectivity index (χ2n) is 22.3. The fourth-order valence-electron chi connectivity index (χ4n) is 9.48. The van der Waals surface area contributed by atoms with E-state index in [0.717, 1.165) is 103 Å². The van der Waals surface area contributed by atoms with Gasteiger partial charge in [0.1, 0.15) is 13.2 Å². The largest absolute Gasteiger partial charge is 0.462 e. The summed E-state index contributed by atoms with van der Waals surface area (Å²) in [4.78, 5) is 38.3. The Kier molecular flexibility index (Phi) is 63.7. The molecule has 0 saturated carbocycles. The first-order valence-corrected chi connectivity index (χ1v) is 33.7. The average Bonchev–Trinajstić information content (AvgIpc) is 3.45. The molecule has 1 unspecified atom stereocenters. The number of unbranched alkanes of at least 4 members (excludes halogenated alkanes) is 34. The molecule has 0 amide bonds. The maximum absolute atomic E-state index is 12.9. The van der Waals surface area contributed by atoms with Crippen LogP contribution in [0.4, 0.5) is 0 Å². The van der Waals surface area contributed by atoms with Crippen molar-refractivity contribution in [3.8, 4) is 0 Å². The molecule has 0 aliphatic heterocycles. The van der Waals surface area contributed by atoms with E-state index >= 15 is 0 Å². The van der Waals surface area contributed by atoms with Crippen LogP contribution in [0.1, 0.15) is 329 Å². The lowest BCUT2D eigenvalue weighted by Crippen LogP contribution is -2.30. The third-order valence-electron chi connectivity index (χ3n) is 14.5. The lowest BCUT2D eigenvalue weighted by atomic mass is 10.0. The molecule has 0 N–H and O–H groups in total. The summed E-state index contributed by atoms with van der Waals surface area (Å²) in [5.74, 6) is -0.884. The number of rotatable bonds is 61. The first-order chi connectivity index (χ1) is 39.0. The van der Waals surface area contributed by atoms with Crippen molar-refractivity contribution in [3.63, 3.8) is 0 Å². The van der Waals surface area contributed by atoms with Crippen molar-refractivity contribution in [2.75, 3.05) is 13.2 Å². The summed E-state index contributed by atoms with van der Waals surface area (Å²) in [5.41, 5.74) is 0. The van der Waals surface area contributed by atoms with E-state index in [2.05, 4.69) is 118 Å². The summed E-state index contributed by atoms with van der Waals surface area (Å²) in [6.45, 7) is 6.50. The van der Waals surface area contributed by atoms with Gasteiger partial charge in [-0.05, 0) is 116 Å². The van der Waals surface area contributed by atoms with E-state index < -0.39 is 6.10 Å². The van der Waals surface area contributed by atoms with E-state index in [4.69, 9.17) is 14.2 Å². The van der Waals surface area contributed by atoms with Crippen LogP contribution >= 0.6 is 0 Å². The molecule has 0 aromatic heterocycles. The Morgan fingerprint density at radius 3 is 0.823 bits per heavy atom.